The third-order valence-corrected chi connectivity index (χ3v) is 3.50. The first-order valence-corrected chi connectivity index (χ1v) is 6.71. The molecule has 100 valence electrons. The van der Waals surface area contributed by atoms with Gasteiger partial charge in [-0.05, 0) is 30.2 Å². The number of aromatic nitrogens is 4. The molecule has 0 radical (unpaired) electrons. The smallest absolute Gasteiger partial charge is 0.225 e. The van der Waals surface area contributed by atoms with Crippen molar-refractivity contribution in [1.29, 1.82) is 0 Å². The van der Waals surface area contributed by atoms with Gasteiger partial charge in [0.15, 0.2) is 5.82 Å². The zero-order chi connectivity index (χ0) is 13.9. The highest BCUT2D eigenvalue weighted by Crippen LogP contribution is 2.28. The molecular formula is C15H13ClN4. The van der Waals surface area contributed by atoms with Crippen LogP contribution < -0.4 is 0 Å². The Hall–Kier alpha value is -2.20. The molecule has 0 aliphatic rings. The fourth-order valence-corrected chi connectivity index (χ4v) is 2.44. The van der Waals surface area contributed by atoms with E-state index in [1.807, 2.05) is 53.2 Å². The minimum absolute atomic E-state index is 0.0152. The summed E-state index contributed by atoms with van der Waals surface area (Å²) in [5.41, 5.74) is 2.05. The van der Waals surface area contributed by atoms with E-state index < -0.39 is 0 Å². The van der Waals surface area contributed by atoms with Crippen LogP contribution in [0.25, 0.3) is 11.4 Å². The summed E-state index contributed by atoms with van der Waals surface area (Å²) < 4.78 is 1.91. The molecule has 3 rings (SSSR count). The predicted molar refractivity (Wildman–Crippen MR) is 78.5 cm³/mol. The van der Waals surface area contributed by atoms with Gasteiger partial charge in [-0.2, -0.15) is 0 Å². The van der Waals surface area contributed by atoms with Crippen LogP contribution in [0.4, 0.5) is 0 Å². The van der Waals surface area contributed by atoms with Crippen molar-refractivity contribution in [1.82, 2.24) is 19.7 Å². The van der Waals surface area contributed by atoms with E-state index in [1.54, 1.807) is 6.20 Å². The third kappa shape index (κ3) is 2.30. The van der Waals surface area contributed by atoms with E-state index in [-0.39, 0.29) is 6.04 Å². The molecule has 1 atom stereocenters. The number of pyridine rings is 1. The van der Waals surface area contributed by atoms with Crippen molar-refractivity contribution in [2.75, 3.05) is 0 Å². The molecule has 1 unspecified atom stereocenters. The summed E-state index contributed by atoms with van der Waals surface area (Å²) in [6.07, 6.45) is 3.58. The van der Waals surface area contributed by atoms with E-state index in [0.717, 1.165) is 17.0 Å². The minimum Gasteiger partial charge on any atom is -0.290 e. The van der Waals surface area contributed by atoms with Crippen LogP contribution in [-0.4, -0.2) is 19.7 Å². The summed E-state index contributed by atoms with van der Waals surface area (Å²) in [6.45, 7) is 2.05. The normalized spacial score (nSPS) is 12.3. The van der Waals surface area contributed by atoms with Gasteiger partial charge in [0.1, 0.15) is 0 Å². The van der Waals surface area contributed by atoms with Crippen molar-refractivity contribution in [3.05, 3.63) is 65.7 Å². The van der Waals surface area contributed by atoms with E-state index >= 15 is 0 Å². The highest BCUT2D eigenvalue weighted by atomic mass is 35.5. The molecule has 3 aromatic rings. The monoisotopic (exact) mass is 284 g/mol. The Morgan fingerprint density at radius 3 is 2.55 bits per heavy atom. The van der Waals surface area contributed by atoms with Gasteiger partial charge in [-0.1, -0.05) is 36.4 Å². The molecule has 2 heterocycles. The van der Waals surface area contributed by atoms with Crippen molar-refractivity contribution >= 4 is 11.6 Å². The van der Waals surface area contributed by atoms with Gasteiger partial charge in [0, 0.05) is 18.0 Å². The van der Waals surface area contributed by atoms with Crippen LogP contribution in [0.15, 0.2) is 54.9 Å². The van der Waals surface area contributed by atoms with Crippen LogP contribution in [0.1, 0.15) is 18.5 Å². The van der Waals surface area contributed by atoms with Gasteiger partial charge in [0.2, 0.25) is 5.28 Å². The van der Waals surface area contributed by atoms with Crippen LogP contribution >= 0.6 is 11.6 Å². The summed E-state index contributed by atoms with van der Waals surface area (Å²) in [6, 6.07) is 13.8. The Bertz CT molecular complexity index is 694. The van der Waals surface area contributed by atoms with Crippen LogP contribution in [0.2, 0.25) is 5.28 Å². The molecule has 5 heteroatoms. The molecule has 0 spiro atoms. The summed E-state index contributed by atoms with van der Waals surface area (Å²) in [5, 5.41) is 8.57. The highest BCUT2D eigenvalue weighted by molar-refractivity contribution is 6.28. The largest absolute Gasteiger partial charge is 0.290 e. The van der Waals surface area contributed by atoms with E-state index in [0.29, 0.717) is 5.28 Å². The number of hydrogen-bond donors (Lipinski definition) is 0. The van der Waals surface area contributed by atoms with Gasteiger partial charge in [0.05, 0.1) is 6.04 Å². The molecule has 4 nitrogen and oxygen atoms in total. The molecule has 0 aliphatic carbocycles. The quantitative estimate of drug-likeness (QED) is 0.738. The highest BCUT2D eigenvalue weighted by Gasteiger charge is 2.18. The van der Waals surface area contributed by atoms with Crippen molar-refractivity contribution in [3.63, 3.8) is 0 Å². The molecule has 0 amide bonds. The molecule has 0 saturated heterocycles. The summed E-state index contributed by atoms with van der Waals surface area (Å²) in [4.78, 5) is 4.15. The Labute approximate surface area is 122 Å². The summed E-state index contributed by atoms with van der Waals surface area (Å²) in [5.74, 6) is 0.756. The molecule has 2 aromatic heterocycles. The fraction of sp³-hybridized carbons (Fsp3) is 0.133. The Morgan fingerprint density at radius 1 is 1.05 bits per heavy atom. The zero-order valence-corrected chi connectivity index (χ0v) is 11.7. The lowest BCUT2D eigenvalue weighted by atomic mass is 10.1. The van der Waals surface area contributed by atoms with E-state index in [9.17, 15) is 0 Å². The van der Waals surface area contributed by atoms with Crippen molar-refractivity contribution < 1.29 is 0 Å². The summed E-state index contributed by atoms with van der Waals surface area (Å²) >= 11 is 6.21. The first kappa shape index (κ1) is 12.8. The lowest BCUT2D eigenvalue weighted by Crippen LogP contribution is -2.09. The van der Waals surface area contributed by atoms with E-state index in [2.05, 4.69) is 22.1 Å². The maximum atomic E-state index is 6.21. The second-order valence-electron chi connectivity index (χ2n) is 4.49. The maximum absolute atomic E-state index is 6.21. The van der Waals surface area contributed by atoms with Gasteiger partial charge in [0.25, 0.3) is 0 Å². The van der Waals surface area contributed by atoms with Crippen molar-refractivity contribution in [2.24, 2.45) is 0 Å². The second-order valence-corrected chi connectivity index (χ2v) is 4.83. The Morgan fingerprint density at radius 2 is 1.85 bits per heavy atom. The number of nitrogens with zero attached hydrogens (tertiary/aromatic N) is 4. The van der Waals surface area contributed by atoms with Gasteiger partial charge in [-0.3, -0.25) is 9.55 Å². The van der Waals surface area contributed by atoms with Crippen molar-refractivity contribution in [2.45, 2.75) is 13.0 Å². The van der Waals surface area contributed by atoms with Gasteiger partial charge in [-0.25, -0.2) is 0 Å². The Kier molecular flexibility index (Phi) is 3.48. The average Bonchev–Trinajstić information content (AvgIpc) is 2.90. The van der Waals surface area contributed by atoms with Crippen LogP contribution in [0, 0.1) is 0 Å². The number of halogens is 1. The van der Waals surface area contributed by atoms with Crippen LogP contribution in [0.3, 0.4) is 0 Å². The number of benzene rings is 1. The number of rotatable bonds is 3. The molecule has 0 bridgehead atoms. The second kappa shape index (κ2) is 5.43. The molecular weight excluding hydrogens is 272 g/mol. The van der Waals surface area contributed by atoms with Gasteiger partial charge in [-0.15, -0.1) is 10.2 Å². The maximum Gasteiger partial charge on any atom is 0.225 e. The lowest BCUT2D eigenvalue weighted by Gasteiger charge is -2.16. The molecule has 0 aliphatic heterocycles. The summed E-state index contributed by atoms with van der Waals surface area (Å²) in [7, 11) is 0. The van der Waals surface area contributed by atoms with Crippen LogP contribution in [-0.2, 0) is 0 Å². The first-order chi connectivity index (χ1) is 9.77. The standard InChI is InChI=1S/C15H13ClN4/c1-11(13-8-5-9-17-10-13)20-14(18-19-15(20)16)12-6-3-2-4-7-12/h2-11H,1H3. The van der Waals surface area contributed by atoms with Gasteiger partial charge >= 0.3 is 0 Å². The first-order valence-electron chi connectivity index (χ1n) is 6.33. The topological polar surface area (TPSA) is 43.6 Å². The number of hydrogen-bond acceptors (Lipinski definition) is 3. The molecule has 0 saturated carbocycles. The fourth-order valence-electron chi connectivity index (χ4n) is 2.17. The van der Waals surface area contributed by atoms with Crippen LogP contribution in [0.5, 0.6) is 0 Å². The van der Waals surface area contributed by atoms with Gasteiger partial charge < -0.3 is 0 Å². The zero-order valence-electron chi connectivity index (χ0n) is 10.9. The molecule has 20 heavy (non-hydrogen) atoms. The minimum atomic E-state index is 0.0152. The molecule has 1 aromatic carbocycles. The van der Waals surface area contributed by atoms with Crippen molar-refractivity contribution in [3.8, 4) is 11.4 Å². The SMILES string of the molecule is CC(c1cccnc1)n1c(Cl)nnc1-c1ccccc1. The lowest BCUT2D eigenvalue weighted by molar-refractivity contribution is 0.641. The predicted octanol–water partition coefficient (Wildman–Crippen LogP) is 3.60. The Balaban J connectivity index is 2.08. The van der Waals surface area contributed by atoms with E-state index in [1.165, 1.54) is 0 Å². The molecule has 0 N–H and O–H groups in total. The molecule has 0 fully saturated rings. The van der Waals surface area contributed by atoms with E-state index in [4.69, 9.17) is 11.6 Å². The average molecular weight is 285 g/mol. The third-order valence-electron chi connectivity index (χ3n) is 3.24.